The van der Waals surface area contributed by atoms with E-state index in [1.165, 1.54) is 4.90 Å². The molecule has 0 saturated carbocycles. The predicted octanol–water partition coefficient (Wildman–Crippen LogP) is 5.84. The van der Waals surface area contributed by atoms with Gasteiger partial charge < -0.3 is 4.74 Å². The van der Waals surface area contributed by atoms with Gasteiger partial charge in [0.1, 0.15) is 17.3 Å². The number of anilines is 1. The number of hydrogen-bond acceptors (Lipinski definition) is 5. The second-order valence-electron chi connectivity index (χ2n) is 9.94. The maximum absolute atomic E-state index is 14.2. The standard InChI is InChI=1S/C32H24N2O4S/c1-38-22-17-15-21(16-18-22)32-19-27(20-9-3-2-4-10-20)39-26-14-8-7-13-25(26)34(32)31(37)28(32)33-29(35)23-11-5-6-12-24(23)30(33)36/h2-18,27-28H,19H2,1H3. The van der Waals surface area contributed by atoms with Gasteiger partial charge in [0.15, 0.2) is 0 Å². The number of fused-ring (bicyclic) bond motifs is 4. The van der Waals surface area contributed by atoms with Crippen LogP contribution in [0.4, 0.5) is 5.69 Å². The SMILES string of the molecule is COc1ccc(C23CC(c4ccccc4)Sc4ccccc4N2C(=O)C3N2C(=O)c3ccccc3C2=O)cc1. The number of methoxy groups -OCH3 is 1. The minimum Gasteiger partial charge on any atom is -0.497 e. The fourth-order valence-electron chi connectivity index (χ4n) is 6.24. The summed E-state index contributed by atoms with van der Waals surface area (Å²) in [6.07, 6.45) is 0.506. The highest BCUT2D eigenvalue weighted by Crippen LogP contribution is 2.60. The highest BCUT2D eigenvalue weighted by molar-refractivity contribution is 7.99. The minimum atomic E-state index is -0.990. The molecule has 3 aliphatic rings. The Kier molecular flexibility index (Phi) is 5.39. The predicted molar refractivity (Wildman–Crippen MR) is 149 cm³/mol. The van der Waals surface area contributed by atoms with Crippen molar-refractivity contribution in [2.24, 2.45) is 0 Å². The molecule has 3 aliphatic heterocycles. The zero-order chi connectivity index (χ0) is 26.7. The summed E-state index contributed by atoms with van der Waals surface area (Å²) in [5.74, 6) is -0.430. The smallest absolute Gasteiger partial charge is 0.262 e. The summed E-state index contributed by atoms with van der Waals surface area (Å²) in [5, 5.41) is -0.0368. The molecule has 0 aromatic heterocycles. The fraction of sp³-hybridized carbons (Fsp3) is 0.156. The Balaban J connectivity index is 1.46. The molecule has 3 unspecified atom stereocenters. The topological polar surface area (TPSA) is 66.9 Å². The van der Waals surface area contributed by atoms with Gasteiger partial charge in [-0.05, 0) is 53.9 Å². The van der Waals surface area contributed by atoms with Crippen molar-refractivity contribution in [3.05, 3.63) is 125 Å². The van der Waals surface area contributed by atoms with Crippen molar-refractivity contribution in [1.29, 1.82) is 0 Å². The van der Waals surface area contributed by atoms with E-state index in [0.717, 1.165) is 21.7 Å². The molecule has 192 valence electrons. The van der Waals surface area contributed by atoms with E-state index in [4.69, 9.17) is 4.74 Å². The monoisotopic (exact) mass is 532 g/mol. The number of carbonyl (C=O) groups is 3. The number of benzene rings is 4. The van der Waals surface area contributed by atoms with Gasteiger partial charge in [-0.3, -0.25) is 24.2 Å². The third-order valence-corrected chi connectivity index (χ3v) is 9.35. The molecule has 3 atom stereocenters. The molecular weight excluding hydrogens is 508 g/mol. The Morgan fingerprint density at radius 2 is 1.38 bits per heavy atom. The van der Waals surface area contributed by atoms with Crippen LogP contribution in [0, 0.1) is 0 Å². The molecule has 7 rings (SSSR count). The summed E-state index contributed by atoms with van der Waals surface area (Å²) in [6, 6.07) is 31.5. The third kappa shape index (κ3) is 3.32. The fourth-order valence-corrected chi connectivity index (χ4v) is 7.61. The van der Waals surface area contributed by atoms with Crippen molar-refractivity contribution in [2.45, 2.75) is 28.1 Å². The van der Waals surface area contributed by atoms with Crippen LogP contribution in [-0.2, 0) is 10.3 Å². The lowest BCUT2D eigenvalue weighted by Gasteiger charge is -2.59. The van der Waals surface area contributed by atoms with Crippen LogP contribution in [0.5, 0.6) is 5.75 Å². The summed E-state index contributed by atoms with van der Waals surface area (Å²) in [4.78, 5) is 45.7. The molecule has 4 aromatic rings. The number of thioether (sulfide) groups is 1. The lowest BCUT2D eigenvalue weighted by atomic mass is 9.68. The number of amides is 3. The Bertz CT molecular complexity index is 1600. The lowest BCUT2D eigenvalue weighted by Crippen LogP contribution is -2.78. The molecular formula is C32H24N2O4S. The molecule has 0 bridgehead atoms. The van der Waals surface area contributed by atoms with Crippen LogP contribution in [0.15, 0.2) is 108 Å². The van der Waals surface area contributed by atoms with Gasteiger partial charge in [0.05, 0.1) is 23.9 Å². The normalized spacial score (nSPS) is 23.5. The van der Waals surface area contributed by atoms with E-state index in [1.807, 2.05) is 71.6 Å². The summed E-state index contributed by atoms with van der Waals surface area (Å²) in [5.41, 5.74) is 2.45. The van der Waals surface area contributed by atoms with E-state index in [9.17, 15) is 14.4 Å². The van der Waals surface area contributed by atoms with Gasteiger partial charge in [-0.15, -0.1) is 11.8 Å². The van der Waals surface area contributed by atoms with Crippen LogP contribution < -0.4 is 9.64 Å². The molecule has 39 heavy (non-hydrogen) atoms. The number of carbonyl (C=O) groups excluding carboxylic acids is 3. The second kappa shape index (κ2) is 8.85. The number of ether oxygens (including phenoxy) is 1. The molecule has 0 N–H and O–H groups in total. The van der Waals surface area contributed by atoms with Crippen LogP contribution in [0.3, 0.4) is 0 Å². The first-order valence-electron chi connectivity index (χ1n) is 12.8. The zero-order valence-electron chi connectivity index (χ0n) is 21.1. The van der Waals surface area contributed by atoms with E-state index in [-0.39, 0.29) is 11.2 Å². The molecule has 7 heteroatoms. The Labute approximate surface area is 230 Å². The molecule has 0 aliphatic carbocycles. The number of β-lactam (4-membered cyclic amide) rings is 1. The first kappa shape index (κ1) is 23.7. The molecule has 3 heterocycles. The molecule has 0 spiro atoms. The Morgan fingerprint density at radius 3 is 2.05 bits per heavy atom. The van der Waals surface area contributed by atoms with Crippen molar-refractivity contribution in [3.63, 3.8) is 0 Å². The summed E-state index contributed by atoms with van der Waals surface area (Å²) in [7, 11) is 1.61. The highest BCUT2D eigenvalue weighted by atomic mass is 32.2. The number of hydrogen-bond donors (Lipinski definition) is 0. The number of rotatable bonds is 4. The highest BCUT2D eigenvalue weighted by Gasteiger charge is 2.68. The van der Waals surface area contributed by atoms with Crippen LogP contribution in [0.1, 0.15) is 43.5 Å². The average molecular weight is 533 g/mol. The second-order valence-corrected chi connectivity index (χ2v) is 11.2. The zero-order valence-corrected chi connectivity index (χ0v) is 21.9. The van der Waals surface area contributed by atoms with Crippen LogP contribution in [0.2, 0.25) is 0 Å². The molecule has 3 amide bonds. The van der Waals surface area contributed by atoms with E-state index in [1.54, 1.807) is 43.1 Å². The van der Waals surface area contributed by atoms with Crippen molar-refractivity contribution >= 4 is 35.2 Å². The maximum Gasteiger partial charge on any atom is 0.262 e. The van der Waals surface area contributed by atoms with Crippen LogP contribution in [0.25, 0.3) is 0 Å². The van der Waals surface area contributed by atoms with Gasteiger partial charge in [-0.2, -0.15) is 0 Å². The van der Waals surface area contributed by atoms with Crippen molar-refractivity contribution in [2.75, 3.05) is 12.0 Å². The van der Waals surface area contributed by atoms with E-state index in [2.05, 4.69) is 12.1 Å². The molecule has 4 aromatic carbocycles. The summed E-state index contributed by atoms with van der Waals surface area (Å²) in [6.45, 7) is 0. The number of imide groups is 1. The van der Waals surface area contributed by atoms with E-state index in [0.29, 0.717) is 23.3 Å². The van der Waals surface area contributed by atoms with Crippen molar-refractivity contribution in [3.8, 4) is 5.75 Å². The van der Waals surface area contributed by atoms with Crippen LogP contribution >= 0.6 is 11.8 Å². The van der Waals surface area contributed by atoms with E-state index < -0.39 is 23.4 Å². The molecule has 1 fully saturated rings. The number of nitrogens with zero attached hydrogens (tertiary/aromatic N) is 2. The number of para-hydroxylation sites is 1. The molecule has 0 radical (unpaired) electrons. The van der Waals surface area contributed by atoms with Gasteiger partial charge in [0.25, 0.3) is 17.7 Å². The van der Waals surface area contributed by atoms with Gasteiger partial charge in [-0.1, -0.05) is 66.7 Å². The maximum atomic E-state index is 14.2. The largest absolute Gasteiger partial charge is 0.497 e. The first-order valence-corrected chi connectivity index (χ1v) is 13.7. The average Bonchev–Trinajstić information content (AvgIpc) is 3.14. The molecule has 1 saturated heterocycles. The van der Waals surface area contributed by atoms with Gasteiger partial charge >= 0.3 is 0 Å². The Hall–Kier alpha value is -4.36. The first-order chi connectivity index (χ1) is 19.0. The van der Waals surface area contributed by atoms with Gasteiger partial charge in [0.2, 0.25) is 0 Å². The van der Waals surface area contributed by atoms with Crippen molar-refractivity contribution in [1.82, 2.24) is 4.90 Å². The quantitative estimate of drug-likeness (QED) is 0.244. The third-order valence-electron chi connectivity index (χ3n) is 8.02. The van der Waals surface area contributed by atoms with Crippen LogP contribution in [-0.4, -0.2) is 35.8 Å². The van der Waals surface area contributed by atoms with E-state index >= 15 is 0 Å². The lowest BCUT2D eigenvalue weighted by molar-refractivity contribution is -0.136. The van der Waals surface area contributed by atoms with Gasteiger partial charge in [-0.25, -0.2) is 0 Å². The molecule has 6 nitrogen and oxygen atoms in total. The minimum absolute atomic E-state index is 0.0368. The summed E-state index contributed by atoms with van der Waals surface area (Å²) >= 11 is 1.71. The summed E-state index contributed by atoms with van der Waals surface area (Å²) < 4.78 is 5.43. The van der Waals surface area contributed by atoms with Crippen molar-refractivity contribution < 1.29 is 19.1 Å². The Morgan fingerprint density at radius 1 is 0.769 bits per heavy atom. The van der Waals surface area contributed by atoms with Gasteiger partial charge in [0, 0.05) is 10.1 Å².